The number of nitrogens with zero attached hydrogens (tertiary/aromatic N) is 3. The van der Waals surface area contributed by atoms with Crippen molar-refractivity contribution in [3.05, 3.63) is 23.8 Å². The Balaban J connectivity index is 2.11. The highest BCUT2D eigenvalue weighted by Gasteiger charge is 2.25. The van der Waals surface area contributed by atoms with Gasteiger partial charge in [-0.05, 0) is 45.4 Å². The minimum absolute atomic E-state index is 0.0515. The Morgan fingerprint density at radius 3 is 2.64 bits per heavy atom. The molecular formula is C20H31N5O3. The largest absolute Gasteiger partial charge is 0.494 e. The van der Waals surface area contributed by atoms with Crippen molar-refractivity contribution in [3.8, 4) is 5.75 Å². The highest BCUT2D eigenvalue weighted by Crippen LogP contribution is 2.30. The van der Waals surface area contributed by atoms with Gasteiger partial charge in [-0.25, -0.2) is 4.99 Å². The number of carbonyl (C=O) groups excluding carboxylic acids is 2. The number of carbonyl (C=O) groups is 2. The number of rotatable bonds is 7. The normalized spacial score (nSPS) is 13.5. The maximum absolute atomic E-state index is 12.4. The smallest absolute Gasteiger partial charge is 0.240 e. The summed E-state index contributed by atoms with van der Waals surface area (Å²) < 4.78 is 5.71. The van der Waals surface area contributed by atoms with Gasteiger partial charge in [-0.15, -0.1) is 0 Å². The molecule has 0 saturated heterocycles. The van der Waals surface area contributed by atoms with E-state index in [0.717, 1.165) is 17.2 Å². The highest BCUT2D eigenvalue weighted by molar-refractivity contribution is 5.89. The Kier molecular flexibility index (Phi) is 6.88. The molecule has 0 unspecified atom stereocenters. The van der Waals surface area contributed by atoms with Gasteiger partial charge in [0, 0.05) is 38.2 Å². The molecule has 1 aromatic carbocycles. The maximum Gasteiger partial charge on any atom is 0.240 e. The number of nitrogens with one attached hydrogen (secondary N) is 1. The first-order valence-corrected chi connectivity index (χ1v) is 9.41. The van der Waals surface area contributed by atoms with Gasteiger partial charge in [0.05, 0.1) is 12.3 Å². The average Bonchev–Trinajstić information content (AvgIpc) is 2.55. The van der Waals surface area contributed by atoms with E-state index in [1.807, 2.05) is 62.9 Å². The third-order valence-corrected chi connectivity index (χ3v) is 4.00. The molecule has 0 bridgehead atoms. The molecule has 3 N–H and O–H groups in total. The molecule has 0 fully saturated rings. The summed E-state index contributed by atoms with van der Waals surface area (Å²) >= 11 is 0. The van der Waals surface area contributed by atoms with E-state index in [2.05, 4.69) is 5.32 Å². The monoisotopic (exact) mass is 389 g/mol. The zero-order valence-corrected chi connectivity index (χ0v) is 17.4. The van der Waals surface area contributed by atoms with Gasteiger partial charge in [-0.1, -0.05) is 0 Å². The quantitative estimate of drug-likeness (QED) is 0.690. The van der Waals surface area contributed by atoms with Crippen LogP contribution in [0.5, 0.6) is 5.75 Å². The molecule has 28 heavy (non-hydrogen) atoms. The fourth-order valence-electron chi connectivity index (χ4n) is 2.92. The molecule has 2 rings (SSSR count). The van der Waals surface area contributed by atoms with Crippen LogP contribution in [-0.2, 0) is 16.1 Å². The number of fused-ring (bicyclic) bond motifs is 1. The fourth-order valence-corrected chi connectivity index (χ4v) is 2.92. The SMILES string of the molecule is CN(C)C1=Nc2ccc(OCCCC(N)=O)cc2CN1CC(=O)NC(C)(C)C. The first-order chi connectivity index (χ1) is 13.0. The van der Waals surface area contributed by atoms with Crippen LogP contribution in [0.25, 0.3) is 0 Å². The Morgan fingerprint density at radius 1 is 1.32 bits per heavy atom. The minimum atomic E-state index is -0.330. The maximum atomic E-state index is 12.4. The average molecular weight is 390 g/mol. The minimum Gasteiger partial charge on any atom is -0.494 e. The number of benzene rings is 1. The number of aliphatic imine (C=N–C) groups is 1. The first kappa shape index (κ1) is 21.5. The van der Waals surface area contributed by atoms with Crippen LogP contribution in [-0.4, -0.2) is 60.4 Å². The van der Waals surface area contributed by atoms with Gasteiger partial charge in [0.25, 0.3) is 0 Å². The third kappa shape index (κ3) is 6.44. The van der Waals surface area contributed by atoms with Crippen LogP contribution in [0.1, 0.15) is 39.2 Å². The van der Waals surface area contributed by atoms with E-state index in [0.29, 0.717) is 31.7 Å². The molecule has 0 aliphatic carbocycles. The predicted molar refractivity (Wildman–Crippen MR) is 109 cm³/mol. The number of primary amides is 1. The van der Waals surface area contributed by atoms with Crippen LogP contribution < -0.4 is 15.8 Å². The van der Waals surface area contributed by atoms with Crippen molar-refractivity contribution in [1.29, 1.82) is 0 Å². The molecule has 1 aliphatic heterocycles. The van der Waals surface area contributed by atoms with E-state index in [9.17, 15) is 9.59 Å². The van der Waals surface area contributed by atoms with E-state index >= 15 is 0 Å². The van der Waals surface area contributed by atoms with Crippen molar-refractivity contribution >= 4 is 23.5 Å². The second kappa shape index (κ2) is 8.95. The Bertz CT molecular complexity index is 753. The van der Waals surface area contributed by atoms with Crippen molar-refractivity contribution < 1.29 is 14.3 Å². The summed E-state index contributed by atoms with van der Waals surface area (Å²) in [5.74, 6) is 1.07. The molecule has 1 aliphatic rings. The van der Waals surface area contributed by atoms with Crippen LogP contribution in [0.15, 0.2) is 23.2 Å². The van der Waals surface area contributed by atoms with E-state index in [1.165, 1.54) is 0 Å². The van der Waals surface area contributed by atoms with Crippen molar-refractivity contribution in [3.63, 3.8) is 0 Å². The molecular weight excluding hydrogens is 358 g/mol. The molecule has 8 nitrogen and oxygen atoms in total. The number of guanidine groups is 1. The van der Waals surface area contributed by atoms with Crippen LogP contribution >= 0.6 is 0 Å². The summed E-state index contributed by atoms with van der Waals surface area (Å²) in [5, 5.41) is 2.99. The highest BCUT2D eigenvalue weighted by atomic mass is 16.5. The van der Waals surface area contributed by atoms with Crippen molar-refractivity contribution in [2.45, 2.75) is 45.7 Å². The summed E-state index contributed by atoms with van der Waals surface area (Å²) in [6.07, 6.45) is 0.881. The molecule has 0 atom stereocenters. The molecule has 154 valence electrons. The van der Waals surface area contributed by atoms with Crippen LogP contribution in [0.4, 0.5) is 5.69 Å². The fraction of sp³-hybridized carbons (Fsp3) is 0.550. The Hall–Kier alpha value is -2.77. The number of amides is 2. The molecule has 1 heterocycles. The number of ether oxygens (including phenoxy) is 1. The lowest BCUT2D eigenvalue weighted by molar-refractivity contribution is -0.123. The van der Waals surface area contributed by atoms with Gasteiger partial charge in [0.2, 0.25) is 17.8 Å². The van der Waals surface area contributed by atoms with Gasteiger partial charge in [0.1, 0.15) is 12.3 Å². The van der Waals surface area contributed by atoms with Gasteiger partial charge < -0.3 is 25.6 Å². The summed E-state index contributed by atoms with van der Waals surface area (Å²) in [6.45, 7) is 7.07. The predicted octanol–water partition coefficient (Wildman–Crippen LogP) is 1.61. The number of nitrogens with two attached hydrogens (primary N) is 1. The van der Waals surface area contributed by atoms with Gasteiger partial charge in [-0.2, -0.15) is 0 Å². The second-order valence-corrected chi connectivity index (χ2v) is 8.17. The molecule has 0 aromatic heterocycles. The Morgan fingerprint density at radius 2 is 2.04 bits per heavy atom. The Labute approximate surface area is 166 Å². The second-order valence-electron chi connectivity index (χ2n) is 8.17. The lowest BCUT2D eigenvalue weighted by Gasteiger charge is -2.34. The van der Waals surface area contributed by atoms with E-state index in [4.69, 9.17) is 15.5 Å². The van der Waals surface area contributed by atoms with Gasteiger partial charge in [-0.3, -0.25) is 9.59 Å². The molecule has 1 aromatic rings. The zero-order chi connectivity index (χ0) is 20.9. The standard InChI is InChI=1S/C20H31N5O3/c1-20(2,3)23-18(27)13-25-12-14-11-15(28-10-6-7-17(21)26)8-9-16(14)22-19(25)24(4)5/h8-9,11H,6-7,10,12-13H2,1-5H3,(H2,21,26)(H,23,27). The first-order valence-electron chi connectivity index (χ1n) is 9.41. The molecule has 0 radical (unpaired) electrons. The van der Waals surface area contributed by atoms with Gasteiger partial charge >= 0.3 is 0 Å². The summed E-state index contributed by atoms with van der Waals surface area (Å²) in [5.41, 5.74) is 6.71. The molecule has 0 spiro atoms. The van der Waals surface area contributed by atoms with Gasteiger partial charge in [0.15, 0.2) is 0 Å². The van der Waals surface area contributed by atoms with Crippen LogP contribution in [0.3, 0.4) is 0 Å². The van der Waals surface area contributed by atoms with Crippen molar-refractivity contribution in [2.24, 2.45) is 10.7 Å². The zero-order valence-electron chi connectivity index (χ0n) is 17.4. The third-order valence-electron chi connectivity index (χ3n) is 4.00. The van der Waals surface area contributed by atoms with E-state index < -0.39 is 0 Å². The summed E-state index contributed by atoms with van der Waals surface area (Å²) in [4.78, 5) is 31.8. The van der Waals surface area contributed by atoms with Crippen LogP contribution in [0.2, 0.25) is 0 Å². The van der Waals surface area contributed by atoms with E-state index in [1.54, 1.807) is 0 Å². The molecule has 2 amide bonds. The number of hydrogen-bond donors (Lipinski definition) is 2. The lowest BCUT2D eigenvalue weighted by Crippen LogP contribution is -2.50. The van der Waals surface area contributed by atoms with Crippen molar-refractivity contribution in [2.75, 3.05) is 27.2 Å². The summed E-state index contributed by atoms with van der Waals surface area (Å²) in [6, 6.07) is 5.71. The van der Waals surface area contributed by atoms with Crippen LogP contribution in [0, 0.1) is 0 Å². The lowest BCUT2D eigenvalue weighted by atomic mass is 10.1. The summed E-state index contributed by atoms with van der Waals surface area (Å²) in [7, 11) is 3.82. The molecule has 8 heteroatoms. The van der Waals surface area contributed by atoms with E-state index in [-0.39, 0.29) is 23.9 Å². The topological polar surface area (TPSA) is 100 Å². The van der Waals surface area contributed by atoms with Crippen molar-refractivity contribution in [1.82, 2.24) is 15.1 Å². The number of hydrogen-bond acceptors (Lipinski definition) is 6. The molecule has 0 saturated carbocycles.